The van der Waals surface area contributed by atoms with E-state index in [4.69, 9.17) is 0 Å². The van der Waals surface area contributed by atoms with Crippen molar-refractivity contribution in [3.63, 3.8) is 0 Å². The maximum absolute atomic E-state index is 3.61. The van der Waals surface area contributed by atoms with Crippen molar-refractivity contribution in [1.82, 2.24) is 0 Å². The Morgan fingerprint density at radius 2 is 1.22 bits per heavy atom. The van der Waals surface area contributed by atoms with E-state index in [0.717, 1.165) is 12.0 Å². The van der Waals surface area contributed by atoms with Gasteiger partial charge in [0.15, 0.2) is 8.80 Å². The topological polar surface area (TPSA) is 0 Å². The maximum atomic E-state index is 3.61. The summed E-state index contributed by atoms with van der Waals surface area (Å²) in [7, 11) is -1.29. The first-order chi connectivity index (χ1) is 11.4. The minimum atomic E-state index is -1.29. The van der Waals surface area contributed by atoms with Crippen molar-refractivity contribution in [3.05, 3.63) is 102 Å². The van der Waals surface area contributed by atoms with Crippen LogP contribution in [0.5, 0.6) is 0 Å². The second kappa shape index (κ2) is 8.17. The molecule has 0 N–H and O–H groups in total. The molecule has 3 aromatic rings. The molecule has 3 aromatic carbocycles. The highest BCUT2D eigenvalue weighted by atomic mass is 28.3. The van der Waals surface area contributed by atoms with Crippen LogP contribution in [0, 0.1) is 11.5 Å². The molecule has 0 aliphatic heterocycles. The summed E-state index contributed by atoms with van der Waals surface area (Å²) in [5.41, 5.74) is 6.13. The Balaban J connectivity index is 1.79. The minimum Gasteiger partial charge on any atom is -0.124 e. The Morgan fingerprint density at radius 3 is 1.87 bits per heavy atom. The Hall–Kier alpha value is -2.56. The number of hydrogen-bond acceptors (Lipinski definition) is 0. The second-order valence-corrected chi connectivity index (χ2v) is 8.26. The summed E-state index contributed by atoms with van der Waals surface area (Å²) in [6, 6.07) is 33.0. The van der Waals surface area contributed by atoms with Gasteiger partial charge in [0.1, 0.15) is 0 Å². The van der Waals surface area contributed by atoms with Gasteiger partial charge >= 0.3 is 0 Å². The van der Waals surface area contributed by atoms with E-state index < -0.39 is 8.80 Å². The molecular weight excluding hydrogens is 292 g/mol. The summed E-state index contributed by atoms with van der Waals surface area (Å²) in [5.74, 6) is 3.39. The lowest BCUT2D eigenvalue weighted by atomic mass is 10.2. The van der Waals surface area contributed by atoms with Crippen molar-refractivity contribution in [2.75, 3.05) is 0 Å². The first-order valence-electron chi connectivity index (χ1n) is 8.07. The molecule has 112 valence electrons. The Labute approximate surface area is 140 Å². The molecule has 0 heterocycles. The van der Waals surface area contributed by atoms with Gasteiger partial charge in [0.2, 0.25) is 0 Å². The van der Waals surface area contributed by atoms with Crippen LogP contribution in [-0.2, 0) is 6.42 Å². The van der Waals surface area contributed by atoms with Gasteiger partial charge in [-0.25, -0.2) is 0 Å². The fraction of sp³-hybridized carbons (Fsp3) is 0.0909. The summed E-state index contributed by atoms with van der Waals surface area (Å²) in [5, 5.41) is 1.44. The molecule has 0 aliphatic carbocycles. The Kier molecular flexibility index (Phi) is 5.45. The van der Waals surface area contributed by atoms with Gasteiger partial charge in [-0.15, -0.1) is 5.54 Å². The standard InChI is InChI=1S/C22H20Si/c1-4-10-20(11-5-1)16-18-23(22-14-8-3-9-15-22)19-17-21-12-6-2-7-13-21/h1-15,23H,16,18H2. The van der Waals surface area contributed by atoms with E-state index in [9.17, 15) is 0 Å². The zero-order valence-electron chi connectivity index (χ0n) is 13.2. The maximum Gasteiger partial charge on any atom is 0.154 e. The Bertz CT molecular complexity index is 768. The number of rotatable bonds is 4. The van der Waals surface area contributed by atoms with Crippen molar-refractivity contribution < 1.29 is 0 Å². The average Bonchev–Trinajstić information content (AvgIpc) is 2.64. The van der Waals surface area contributed by atoms with Gasteiger partial charge in [-0.1, -0.05) is 84.8 Å². The fourth-order valence-corrected chi connectivity index (χ4v) is 4.95. The lowest BCUT2D eigenvalue weighted by molar-refractivity contribution is 1.12. The van der Waals surface area contributed by atoms with E-state index >= 15 is 0 Å². The van der Waals surface area contributed by atoms with Gasteiger partial charge in [0.05, 0.1) is 0 Å². The van der Waals surface area contributed by atoms with Crippen LogP contribution in [0.4, 0.5) is 0 Å². The van der Waals surface area contributed by atoms with Crippen LogP contribution in [0.1, 0.15) is 11.1 Å². The second-order valence-electron chi connectivity index (χ2n) is 5.62. The first-order valence-corrected chi connectivity index (χ1v) is 10.0. The third-order valence-corrected chi connectivity index (χ3v) is 6.48. The quantitative estimate of drug-likeness (QED) is 0.505. The average molecular weight is 312 g/mol. The monoisotopic (exact) mass is 312 g/mol. The molecular formula is C22H20Si. The van der Waals surface area contributed by atoms with Gasteiger partial charge < -0.3 is 0 Å². The molecule has 0 amide bonds. The summed E-state index contributed by atoms with van der Waals surface area (Å²) in [4.78, 5) is 0. The van der Waals surface area contributed by atoms with E-state index in [1.165, 1.54) is 16.8 Å². The van der Waals surface area contributed by atoms with Crippen LogP contribution >= 0.6 is 0 Å². The lowest BCUT2D eigenvalue weighted by Crippen LogP contribution is -2.29. The zero-order chi connectivity index (χ0) is 15.7. The summed E-state index contributed by atoms with van der Waals surface area (Å²) >= 11 is 0. The number of benzene rings is 3. The molecule has 3 rings (SSSR count). The SMILES string of the molecule is C(#C[SiH](CCc1ccccc1)c1ccccc1)c1ccccc1. The van der Waals surface area contributed by atoms with Crippen LogP contribution < -0.4 is 5.19 Å². The number of aryl methyl sites for hydroxylation is 1. The van der Waals surface area contributed by atoms with Gasteiger partial charge in [0.25, 0.3) is 0 Å². The van der Waals surface area contributed by atoms with Crippen LogP contribution in [0.25, 0.3) is 0 Å². The molecule has 0 saturated carbocycles. The third-order valence-electron chi connectivity index (χ3n) is 3.93. The molecule has 23 heavy (non-hydrogen) atoms. The van der Waals surface area contributed by atoms with Gasteiger partial charge in [0, 0.05) is 5.56 Å². The van der Waals surface area contributed by atoms with Crippen LogP contribution in [-0.4, -0.2) is 8.80 Å². The predicted octanol–water partition coefficient (Wildman–Crippen LogP) is 3.95. The molecule has 0 radical (unpaired) electrons. The minimum absolute atomic E-state index is 1.11. The molecule has 0 spiro atoms. The van der Waals surface area contributed by atoms with Crippen molar-refractivity contribution in [2.45, 2.75) is 12.5 Å². The van der Waals surface area contributed by atoms with Gasteiger partial charge in [-0.3, -0.25) is 0 Å². The van der Waals surface area contributed by atoms with Crippen LogP contribution in [0.2, 0.25) is 6.04 Å². The molecule has 0 aromatic heterocycles. The van der Waals surface area contributed by atoms with Gasteiger partial charge in [-0.2, -0.15) is 0 Å². The van der Waals surface area contributed by atoms with Crippen molar-refractivity contribution in [1.29, 1.82) is 0 Å². The highest BCUT2D eigenvalue weighted by Gasteiger charge is 2.10. The first kappa shape index (κ1) is 15.3. The Morgan fingerprint density at radius 1 is 0.652 bits per heavy atom. The molecule has 0 saturated heterocycles. The van der Waals surface area contributed by atoms with Crippen LogP contribution in [0.3, 0.4) is 0 Å². The lowest BCUT2D eigenvalue weighted by Gasteiger charge is -2.09. The van der Waals surface area contributed by atoms with Crippen molar-refractivity contribution in [3.8, 4) is 11.5 Å². The van der Waals surface area contributed by atoms with Crippen LogP contribution in [0.15, 0.2) is 91.0 Å². The summed E-state index contributed by atoms with van der Waals surface area (Å²) < 4.78 is 0. The van der Waals surface area contributed by atoms with E-state index in [2.05, 4.69) is 84.3 Å². The molecule has 0 nitrogen and oxygen atoms in total. The normalized spacial score (nSPS) is 11.3. The van der Waals surface area contributed by atoms with Crippen molar-refractivity contribution in [2.24, 2.45) is 0 Å². The predicted molar refractivity (Wildman–Crippen MR) is 101 cm³/mol. The van der Waals surface area contributed by atoms with Crippen molar-refractivity contribution >= 4 is 14.0 Å². The summed E-state index contributed by atoms with van der Waals surface area (Å²) in [6.45, 7) is 0. The molecule has 0 fully saturated rings. The summed E-state index contributed by atoms with van der Waals surface area (Å²) in [6.07, 6.45) is 1.11. The highest BCUT2D eigenvalue weighted by molar-refractivity contribution is 6.80. The van der Waals surface area contributed by atoms with E-state index in [0.29, 0.717) is 0 Å². The smallest absolute Gasteiger partial charge is 0.124 e. The van der Waals surface area contributed by atoms with E-state index in [1.807, 2.05) is 18.2 Å². The number of hydrogen-bond donors (Lipinski definition) is 0. The van der Waals surface area contributed by atoms with E-state index in [-0.39, 0.29) is 0 Å². The zero-order valence-corrected chi connectivity index (χ0v) is 14.3. The largest absolute Gasteiger partial charge is 0.154 e. The molecule has 1 heteroatoms. The molecule has 1 unspecified atom stereocenters. The van der Waals surface area contributed by atoms with Gasteiger partial charge in [-0.05, 0) is 35.3 Å². The molecule has 0 aliphatic rings. The molecule has 1 atom stereocenters. The van der Waals surface area contributed by atoms with E-state index in [1.54, 1.807) is 0 Å². The highest BCUT2D eigenvalue weighted by Crippen LogP contribution is 2.06. The fourth-order valence-electron chi connectivity index (χ4n) is 2.66. The third kappa shape index (κ3) is 4.71. The molecule has 0 bridgehead atoms.